The number of hydrogen-bond acceptors (Lipinski definition) is 6. The number of ether oxygens (including phenoxy) is 1. The van der Waals surface area contributed by atoms with E-state index in [9.17, 15) is 14.7 Å². The van der Waals surface area contributed by atoms with Gasteiger partial charge in [0.2, 0.25) is 0 Å². The summed E-state index contributed by atoms with van der Waals surface area (Å²) in [6.07, 6.45) is 2.46. The number of benzene rings is 1. The number of hydrogen-bond donors (Lipinski definition) is 1. The van der Waals surface area contributed by atoms with Gasteiger partial charge in [0.25, 0.3) is 11.7 Å². The Bertz CT molecular complexity index is 1250. The number of aryl methyl sites for hydroxylation is 1. The van der Waals surface area contributed by atoms with Gasteiger partial charge in [0.1, 0.15) is 23.7 Å². The average molecular weight is 447 g/mol. The molecule has 0 spiro atoms. The fourth-order valence-electron chi connectivity index (χ4n) is 4.37. The number of aliphatic hydroxyl groups is 1. The Morgan fingerprint density at radius 3 is 2.81 bits per heavy atom. The lowest BCUT2D eigenvalue weighted by Crippen LogP contribution is -2.29. The number of aromatic nitrogens is 1. The van der Waals surface area contributed by atoms with E-state index in [1.54, 1.807) is 18.3 Å². The van der Waals surface area contributed by atoms with Gasteiger partial charge >= 0.3 is 0 Å². The summed E-state index contributed by atoms with van der Waals surface area (Å²) in [4.78, 5) is 33.0. The summed E-state index contributed by atoms with van der Waals surface area (Å²) in [5, 5.41) is 13.2. The molecule has 3 aromatic rings. The zero-order valence-corrected chi connectivity index (χ0v) is 18.6. The molecule has 7 heteroatoms. The van der Waals surface area contributed by atoms with Gasteiger partial charge in [-0.1, -0.05) is 6.07 Å². The first-order valence-corrected chi connectivity index (χ1v) is 11.3. The van der Waals surface area contributed by atoms with E-state index in [0.717, 1.165) is 28.2 Å². The Morgan fingerprint density at radius 2 is 2.09 bits per heavy atom. The molecule has 1 aromatic carbocycles. The predicted octanol–water partition coefficient (Wildman–Crippen LogP) is 4.40. The average Bonchev–Trinajstić information content (AvgIpc) is 3.44. The van der Waals surface area contributed by atoms with Gasteiger partial charge in [0.15, 0.2) is 0 Å². The number of rotatable bonds is 4. The van der Waals surface area contributed by atoms with Gasteiger partial charge in [-0.25, -0.2) is 0 Å². The first-order valence-electron chi connectivity index (χ1n) is 10.5. The molecule has 2 aliphatic rings. The lowest BCUT2D eigenvalue weighted by Gasteiger charge is -2.24. The van der Waals surface area contributed by atoms with E-state index in [1.807, 2.05) is 49.6 Å². The molecule has 6 nitrogen and oxygen atoms in total. The Morgan fingerprint density at radius 1 is 1.25 bits per heavy atom. The first-order chi connectivity index (χ1) is 15.4. The van der Waals surface area contributed by atoms with E-state index in [0.29, 0.717) is 11.3 Å². The number of aliphatic hydroxyl groups excluding tert-OH is 1. The molecule has 1 amide bonds. The first kappa shape index (κ1) is 20.5. The number of carbonyl (C=O) groups is 2. The number of likely N-dealkylation sites (tertiary alicyclic amines) is 1. The summed E-state index contributed by atoms with van der Waals surface area (Å²) in [6.45, 7) is 4.11. The summed E-state index contributed by atoms with van der Waals surface area (Å²) in [5.74, 6) is -0.684. The highest BCUT2D eigenvalue weighted by molar-refractivity contribution is 7.10. The highest BCUT2D eigenvalue weighted by atomic mass is 32.1. The minimum atomic E-state index is -0.679. The number of thiophene rings is 1. The van der Waals surface area contributed by atoms with Gasteiger partial charge in [-0.2, -0.15) is 0 Å². The minimum Gasteiger partial charge on any atom is -0.507 e. The Balaban J connectivity index is 1.63. The lowest BCUT2D eigenvalue weighted by atomic mass is 9.97. The van der Waals surface area contributed by atoms with Crippen LogP contribution in [-0.2, 0) is 22.6 Å². The maximum atomic E-state index is 13.2. The van der Waals surface area contributed by atoms with Crippen LogP contribution in [0.1, 0.15) is 40.2 Å². The maximum Gasteiger partial charge on any atom is 0.296 e. The van der Waals surface area contributed by atoms with Gasteiger partial charge in [0.05, 0.1) is 17.8 Å². The monoisotopic (exact) mass is 446 g/mol. The van der Waals surface area contributed by atoms with E-state index >= 15 is 0 Å². The second kappa shape index (κ2) is 7.91. The SMILES string of the molecule is Cc1ccsc1C1/C(=C(/O)c2ccc3c(c2)CC(C)O3)C(=O)C(=O)N1Cc1ccccn1. The number of Topliss-reactive ketones (excluding diaryl/α,β-unsaturated/α-hetero) is 1. The number of carbonyl (C=O) groups excluding carboxylic acids is 2. The molecule has 32 heavy (non-hydrogen) atoms. The molecule has 1 saturated heterocycles. The summed E-state index contributed by atoms with van der Waals surface area (Å²) in [7, 11) is 0. The Hall–Kier alpha value is -3.45. The van der Waals surface area contributed by atoms with Gasteiger partial charge in [-0.3, -0.25) is 14.6 Å². The molecule has 2 aliphatic heterocycles. The number of pyridine rings is 1. The molecule has 0 bridgehead atoms. The summed E-state index contributed by atoms with van der Waals surface area (Å²) >= 11 is 1.47. The Labute approximate surface area is 189 Å². The van der Waals surface area contributed by atoms with Crippen LogP contribution in [0.3, 0.4) is 0 Å². The molecule has 162 valence electrons. The summed E-state index contributed by atoms with van der Waals surface area (Å²) in [5.41, 5.74) is 3.25. The van der Waals surface area contributed by atoms with Crippen molar-refractivity contribution < 1.29 is 19.4 Å². The fraction of sp³-hybridized carbons (Fsp3) is 0.240. The molecule has 2 aromatic heterocycles. The van der Waals surface area contributed by atoms with Crippen molar-refractivity contribution in [3.8, 4) is 5.75 Å². The van der Waals surface area contributed by atoms with Gasteiger partial charge in [-0.15, -0.1) is 11.3 Å². The van der Waals surface area contributed by atoms with Gasteiger partial charge < -0.3 is 14.7 Å². The zero-order chi connectivity index (χ0) is 22.4. The third-order valence-corrected chi connectivity index (χ3v) is 6.99. The smallest absolute Gasteiger partial charge is 0.296 e. The van der Waals surface area contributed by atoms with Crippen LogP contribution in [0.15, 0.2) is 59.6 Å². The molecule has 2 unspecified atom stereocenters. The third kappa shape index (κ3) is 3.39. The number of nitrogens with zero attached hydrogens (tertiary/aromatic N) is 2. The second-order valence-electron chi connectivity index (χ2n) is 8.17. The molecule has 1 N–H and O–H groups in total. The second-order valence-corrected chi connectivity index (χ2v) is 9.12. The minimum absolute atomic E-state index is 0.0696. The van der Waals surface area contributed by atoms with Gasteiger partial charge in [0, 0.05) is 23.1 Å². The molecule has 4 heterocycles. The van der Waals surface area contributed by atoms with Crippen molar-refractivity contribution in [2.24, 2.45) is 0 Å². The zero-order valence-electron chi connectivity index (χ0n) is 17.7. The van der Waals surface area contributed by atoms with Crippen LogP contribution in [0.2, 0.25) is 0 Å². The van der Waals surface area contributed by atoms with Crippen molar-refractivity contribution in [2.75, 3.05) is 0 Å². The van der Waals surface area contributed by atoms with E-state index in [-0.39, 0.29) is 24.0 Å². The number of ketones is 1. The number of fused-ring (bicyclic) bond motifs is 1. The molecule has 0 radical (unpaired) electrons. The highest BCUT2D eigenvalue weighted by Gasteiger charge is 2.47. The van der Waals surface area contributed by atoms with E-state index < -0.39 is 17.7 Å². The molecule has 0 aliphatic carbocycles. The largest absolute Gasteiger partial charge is 0.507 e. The van der Waals surface area contributed by atoms with Crippen LogP contribution in [0.4, 0.5) is 0 Å². The van der Waals surface area contributed by atoms with Crippen LogP contribution in [0, 0.1) is 6.92 Å². The standard InChI is InChI=1S/C25H22N2O4S/c1-14-8-10-32-24(14)21-20(22(28)16-6-7-19-17(12-16)11-15(2)31-19)23(29)25(30)27(21)13-18-5-3-4-9-26-18/h3-10,12,15,21,28H,11,13H2,1-2H3/b22-20-. The highest BCUT2D eigenvalue weighted by Crippen LogP contribution is 2.43. The van der Waals surface area contributed by atoms with Crippen molar-refractivity contribution in [3.63, 3.8) is 0 Å². The molecule has 1 fully saturated rings. The molecule has 5 rings (SSSR count). The topological polar surface area (TPSA) is 79.7 Å². The molecule has 0 saturated carbocycles. The van der Waals surface area contributed by atoms with Crippen LogP contribution in [0.5, 0.6) is 5.75 Å². The van der Waals surface area contributed by atoms with E-state index in [2.05, 4.69) is 4.98 Å². The fourth-order valence-corrected chi connectivity index (χ4v) is 5.42. The summed E-state index contributed by atoms with van der Waals surface area (Å²) < 4.78 is 5.75. The van der Waals surface area contributed by atoms with Crippen LogP contribution >= 0.6 is 11.3 Å². The van der Waals surface area contributed by atoms with Crippen LogP contribution in [-0.4, -0.2) is 32.8 Å². The van der Waals surface area contributed by atoms with Crippen molar-refractivity contribution in [2.45, 2.75) is 39.0 Å². The van der Waals surface area contributed by atoms with Crippen molar-refractivity contribution in [1.82, 2.24) is 9.88 Å². The van der Waals surface area contributed by atoms with Crippen LogP contribution in [0.25, 0.3) is 5.76 Å². The molecular weight excluding hydrogens is 424 g/mol. The van der Waals surface area contributed by atoms with Crippen molar-refractivity contribution >= 4 is 28.8 Å². The van der Waals surface area contributed by atoms with Crippen molar-refractivity contribution in [1.29, 1.82) is 0 Å². The molecule has 2 atom stereocenters. The molecular formula is C25H22N2O4S. The number of amides is 1. The maximum absolute atomic E-state index is 13.2. The van der Waals surface area contributed by atoms with E-state index in [1.165, 1.54) is 16.2 Å². The van der Waals surface area contributed by atoms with Gasteiger partial charge in [-0.05, 0) is 66.8 Å². The lowest BCUT2D eigenvalue weighted by molar-refractivity contribution is -0.140. The van der Waals surface area contributed by atoms with E-state index in [4.69, 9.17) is 4.74 Å². The van der Waals surface area contributed by atoms with Crippen molar-refractivity contribution in [3.05, 3.63) is 86.9 Å². The van der Waals surface area contributed by atoms with Crippen LogP contribution < -0.4 is 4.74 Å². The Kier molecular flexibility index (Phi) is 5.06. The predicted molar refractivity (Wildman–Crippen MR) is 121 cm³/mol. The normalized spacial score (nSPS) is 21.6. The quantitative estimate of drug-likeness (QED) is 0.365. The summed E-state index contributed by atoms with van der Waals surface area (Å²) in [6, 6.07) is 12.1. The third-order valence-electron chi connectivity index (χ3n) is 5.92.